The van der Waals surface area contributed by atoms with E-state index in [1.165, 1.54) is 0 Å². The fraction of sp³-hybridized carbons (Fsp3) is 0.200. The van der Waals surface area contributed by atoms with E-state index in [2.05, 4.69) is 20.1 Å². The third-order valence-corrected chi connectivity index (χ3v) is 3.51. The van der Waals surface area contributed by atoms with Gasteiger partial charge in [0.15, 0.2) is 11.5 Å². The third kappa shape index (κ3) is 2.26. The van der Waals surface area contributed by atoms with Crippen molar-refractivity contribution in [3.8, 4) is 0 Å². The first kappa shape index (κ1) is 12.8. The van der Waals surface area contributed by atoms with Gasteiger partial charge in [-0.3, -0.25) is 4.40 Å². The summed E-state index contributed by atoms with van der Waals surface area (Å²) >= 11 is 0. The molecule has 110 valence electrons. The average Bonchev–Trinajstić information content (AvgIpc) is 3.05. The lowest BCUT2D eigenvalue weighted by Gasteiger charge is -1.98. The summed E-state index contributed by atoms with van der Waals surface area (Å²) in [5.41, 5.74) is 9.16. The zero-order valence-corrected chi connectivity index (χ0v) is 12.1. The summed E-state index contributed by atoms with van der Waals surface area (Å²) < 4.78 is 3.63. The molecule has 0 saturated heterocycles. The van der Waals surface area contributed by atoms with E-state index in [0.717, 1.165) is 41.5 Å². The van der Waals surface area contributed by atoms with Crippen molar-refractivity contribution in [2.24, 2.45) is 0 Å². The van der Waals surface area contributed by atoms with Crippen LogP contribution in [0.4, 0.5) is 5.69 Å². The Morgan fingerprint density at radius 2 is 1.95 bits per heavy atom. The summed E-state index contributed by atoms with van der Waals surface area (Å²) in [6, 6.07) is 5.69. The van der Waals surface area contributed by atoms with Gasteiger partial charge in [0.2, 0.25) is 5.78 Å². The van der Waals surface area contributed by atoms with Gasteiger partial charge >= 0.3 is 0 Å². The number of rotatable bonds is 3. The van der Waals surface area contributed by atoms with Gasteiger partial charge in [-0.15, -0.1) is 0 Å². The van der Waals surface area contributed by atoms with Crippen molar-refractivity contribution in [1.82, 2.24) is 29.0 Å². The van der Waals surface area contributed by atoms with Gasteiger partial charge < -0.3 is 5.73 Å². The van der Waals surface area contributed by atoms with E-state index in [0.29, 0.717) is 5.69 Å². The second kappa shape index (κ2) is 4.80. The highest BCUT2D eigenvalue weighted by molar-refractivity contribution is 5.46. The third-order valence-electron chi connectivity index (χ3n) is 3.51. The smallest absolute Gasteiger partial charge is 0.234 e. The minimum absolute atomic E-state index is 0.672. The summed E-state index contributed by atoms with van der Waals surface area (Å²) in [5, 5.41) is 4.43. The van der Waals surface area contributed by atoms with Crippen LogP contribution in [0, 0.1) is 6.92 Å². The molecular formula is C15H15N7. The molecule has 22 heavy (non-hydrogen) atoms. The highest BCUT2D eigenvalue weighted by atomic mass is 15.3. The van der Waals surface area contributed by atoms with E-state index < -0.39 is 0 Å². The lowest BCUT2D eigenvalue weighted by molar-refractivity contribution is 0.818. The second-order valence-electron chi connectivity index (χ2n) is 5.30. The summed E-state index contributed by atoms with van der Waals surface area (Å²) in [5.74, 6) is 1.51. The van der Waals surface area contributed by atoms with Crippen molar-refractivity contribution in [1.29, 1.82) is 0 Å². The number of pyridine rings is 1. The van der Waals surface area contributed by atoms with Gasteiger partial charge in [0.05, 0.1) is 17.6 Å². The summed E-state index contributed by atoms with van der Waals surface area (Å²) in [7, 11) is 0. The van der Waals surface area contributed by atoms with Crippen molar-refractivity contribution in [3.05, 3.63) is 54.0 Å². The number of aromatic nitrogens is 6. The van der Waals surface area contributed by atoms with E-state index in [-0.39, 0.29) is 0 Å². The van der Waals surface area contributed by atoms with E-state index in [4.69, 9.17) is 5.73 Å². The minimum atomic E-state index is 0.672. The molecule has 0 saturated carbocycles. The fourth-order valence-corrected chi connectivity index (χ4v) is 2.46. The molecule has 0 atom stereocenters. The lowest BCUT2D eigenvalue weighted by atomic mass is 10.2. The van der Waals surface area contributed by atoms with Crippen LogP contribution in [0.25, 0.3) is 11.4 Å². The molecular weight excluding hydrogens is 278 g/mol. The maximum Gasteiger partial charge on any atom is 0.234 e. The molecule has 7 nitrogen and oxygen atoms in total. The molecule has 0 fully saturated rings. The standard InChI is InChI=1S/C15H15N7/c1-10-8-21-7-6-12(18-15(21)17-10)3-4-13-19-14-5-2-11(16)9-22(14)20-13/h2,5-9H,3-4,16H2,1H3. The summed E-state index contributed by atoms with van der Waals surface area (Å²) in [6.45, 7) is 1.96. The van der Waals surface area contributed by atoms with Crippen LogP contribution in [0.5, 0.6) is 0 Å². The molecule has 4 aromatic heterocycles. The molecule has 0 radical (unpaired) electrons. The topological polar surface area (TPSA) is 86.4 Å². The molecule has 4 heterocycles. The molecule has 0 bridgehead atoms. The zero-order chi connectivity index (χ0) is 15.1. The van der Waals surface area contributed by atoms with Crippen LogP contribution in [-0.2, 0) is 12.8 Å². The second-order valence-corrected chi connectivity index (χ2v) is 5.30. The first-order valence-corrected chi connectivity index (χ1v) is 7.09. The van der Waals surface area contributed by atoms with Gasteiger partial charge in [0, 0.05) is 24.5 Å². The van der Waals surface area contributed by atoms with Gasteiger partial charge in [-0.05, 0) is 31.5 Å². The highest BCUT2D eigenvalue weighted by Crippen LogP contribution is 2.09. The Balaban J connectivity index is 1.56. The monoisotopic (exact) mass is 293 g/mol. The van der Waals surface area contributed by atoms with E-state index >= 15 is 0 Å². The molecule has 7 heteroatoms. The van der Waals surface area contributed by atoms with Gasteiger partial charge in [-0.1, -0.05) is 0 Å². The van der Waals surface area contributed by atoms with E-state index in [9.17, 15) is 0 Å². The van der Waals surface area contributed by atoms with E-state index in [1.807, 2.05) is 41.9 Å². The molecule has 0 aliphatic carbocycles. The Bertz CT molecular complexity index is 965. The van der Waals surface area contributed by atoms with Crippen LogP contribution < -0.4 is 5.73 Å². The highest BCUT2D eigenvalue weighted by Gasteiger charge is 2.06. The van der Waals surface area contributed by atoms with Crippen LogP contribution in [0.15, 0.2) is 36.8 Å². The number of aryl methyl sites for hydroxylation is 3. The average molecular weight is 293 g/mol. The van der Waals surface area contributed by atoms with Crippen LogP contribution in [0.2, 0.25) is 0 Å². The maximum atomic E-state index is 5.75. The van der Waals surface area contributed by atoms with Gasteiger partial charge in [-0.25, -0.2) is 19.5 Å². The maximum absolute atomic E-state index is 5.75. The molecule has 0 aliphatic heterocycles. The number of imidazole rings is 1. The van der Waals surface area contributed by atoms with Crippen LogP contribution in [0.3, 0.4) is 0 Å². The number of anilines is 1. The normalized spacial score (nSPS) is 11.5. The van der Waals surface area contributed by atoms with Crippen molar-refractivity contribution < 1.29 is 0 Å². The Morgan fingerprint density at radius 3 is 2.86 bits per heavy atom. The fourth-order valence-electron chi connectivity index (χ4n) is 2.46. The number of hydrogen-bond acceptors (Lipinski definition) is 5. The first-order valence-electron chi connectivity index (χ1n) is 7.09. The number of nitrogens with zero attached hydrogens (tertiary/aromatic N) is 6. The quantitative estimate of drug-likeness (QED) is 0.618. The molecule has 0 amide bonds. The largest absolute Gasteiger partial charge is 0.397 e. The summed E-state index contributed by atoms with van der Waals surface area (Å²) in [4.78, 5) is 13.4. The molecule has 0 aromatic carbocycles. The van der Waals surface area contributed by atoms with Crippen molar-refractivity contribution in [3.63, 3.8) is 0 Å². The molecule has 0 spiro atoms. The molecule has 4 aromatic rings. The SMILES string of the molecule is Cc1cn2ccc(CCc3nc4ccc(N)cn4n3)nc2n1. The van der Waals surface area contributed by atoms with Crippen molar-refractivity contribution >= 4 is 17.1 Å². The van der Waals surface area contributed by atoms with Crippen LogP contribution >= 0.6 is 0 Å². The molecule has 0 aliphatic rings. The summed E-state index contributed by atoms with van der Waals surface area (Å²) in [6.07, 6.45) is 7.21. The van der Waals surface area contributed by atoms with Gasteiger partial charge in [0.1, 0.15) is 0 Å². The Kier molecular flexibility index (Phi) is 2.78. The number of hydrogen-bond donors (Lipinski definition) is 1. The molecule has 2 N–H and O–H groups in total. The Labute approximate surface area is 126 Å². The lowest BCUT2D eigenvalue weighted by Crippen LogP contribution is -1.99. The Morgan fingerprint density at radius 1 is 1.05 bits per heavy atom. The van der Waals surface area contributed by atoms with Crippen molar-refractivity contribution in [2.75, 3.05) is 5.73 Å². The van der Waals surface area contributed by atoms with Crippen LogP contribution in [0.1, 0.15) is 17.2 Å². The van der Waals surface area contributed by atoms with Gasteiger partial charge in [-0.2, -0.15) is 5.10 Å². The Hall–Kier alpha value is -2.96. The number of nitrogen functional groups attached to an aromatic ring is 1. The molecule has 0 unspecified atom stereocenters. The van der Waals surface area contributed by atoms with Crippen LogP contribution in [-0.4, -0.2) is 29.0 Å². The van der Waals surface area contributed by atoms with Crippen molar-refractivity contribution in [2.45, 2.75) is 19.8 Å². The number of fused-ring (bicyclic) bond motifs is 2. The molecule has 4 rings (SSSR count). The predicted molar refractivity (Wildman–Crippen MR) is 82.5 cm³/mol. The first-order chi connectivity index (χ1) is 10.7. The number of nitrogens with two attached hydrogens (primary N) is 1. The zero-order valence-electron chi connectivity index (χ0n) is 12.1. The van der Waals surface area contributed by atoms with Gasteiger partial charge in [0.25, 0.3) is 0 Å². The van der Waals surface area contributed by atoms with E-state index in [1.54, 1.807) is 10.7 Å². The predicted octanol–water partition coefficient (Wildman–Crippen LogP) is 1.45. The minimum Gasteiger partial charge on any atom is -0.397 e.